The van der Waals surface area contributed by atoms with E-state index in [0.717, 1.165) is 16.7 Å². The van der Waals surface area contributed by atoms with Gasteiger partial charge in [0.25, 0.3) is 0 Å². The Hall–Kier alpha value is -2.00. The van der Waals surface area contributed by atoms with Crippen molar-refractivity contribution in [1.82, 2.24) is 0 Å². The fourth-order valence-electron chi connectivity index (χ4n) is 1.69. The number of carboxylic acids is 1. The number of rotatable bonds is 2. The van der Waals surface area contributed by atoms with Crippen LogP contribution in [0.5, 0.6) is 0 Å². The second-order valence-corrected chi connectivity index (χ2v) is 4.48. The van der Waals surface area contributed by atoms with Crippen molar-refractivity contribution in [3.63, 3.8) is 0 Å². The molecule has 0 aliphatic carbocycles. The highest BCUT2D eigenvalue weighted by molar-refractivity contribution is 6.33. The number of benzene rings is 2. The summed E-state index contributed by atoms with van der Waals surface area (Å²) in [6.07, 6.45) is 0. The Morgan fingerprint density at radius 1 is 1.17 bits per heavy atom. The highest BCUT2D eigenvalue weighted by Crippen LogP contribution is 2.27. The highest BCUT2D eigenvalue weighted by Gasteiger charge is 2.10. The summed E-state index contributed by atoms with van der Waals surface area (Å²) in [7, 11) is 0. The third-order valence-electron chi connectivity index (χ3n) is 2.81. The molecule has 0 amide bonds. The first-order chi connectivity index (χ1) is 8.49. The molecule has 0 saturated carbocycles. The van der Waals surface area contributed by atoms with Gasteiger partial charge in [-0.15, -0.1) is 0 Å². The van der Waals surface area contributed by atoms with E-state index in [2.05, 4.69) is 0 Å². The Labute approximate surface area is 110 Å². The van der Waals surface area contributed by atoms with Crippen LogP contribution in [0.4, 0.5) is 5.69 Å². The average Bonchev–Trinajstić information content (AvgIpc) is 2.33. The third-order valence-corrected chi connectivity index (χ3v) is 3.14. The van der Waals surface area contributed by atoms with Crippen molar-refractivity contribution < 1.29 is 9.90 Å². The molecule has 3 N–H and O–H groups in total. The van der Waals surface area contributed by atoms with E-state index in [0.29, 0.717) is 5.69 Å². The van der Waals surface area contributed by atoms with Gasteiger partial charge in [0.05, 0.1) is 10.6 Å². The van der Waals surface area contributed by atoms with Crippen molar-refractivity contribution in [3.05, 3.63) is 52.5 Å². The maximum absolute atomic E-state index is 11.0. The summed E-state index contributed by atoms with van der Waals surface area (Å²) >= 11 is 5.83. The Morgan fingerprint density at radius 3 is 2.39 bits per heavy atom. The highest BCUT2D eigenvalue weighted by atomic mass is 35.5. The van der Waals surface area contributed by atoms with Crippen LogP contribution in [-0.2, 0) is 0 Å². The lowest BCUT2D eigenvalue weighted by molar-refractivity contribution is 0.0697. The quantitative estimate of drug-likeness (QED) is 0.812. The SMILES string of the molecule is Cc1ccc(-c2ccc(Cl)c(C(=O)O)c2)cc1N. The first-order valence-corrected chi connectivity index (χ1v) is 5.76. The molecule has 0 bridgehead atoms. The number of aryl methyl sites for hydroxylation is 1. The van der Waals surface area contributed by atoms with Gasteiger partial charge in [0, 0.05) is 5.69 Å². The van der Waals surface area contributed by atoms with Gasteiger partial charge >= 0.3 is 5.97 Å². The van der Waals surface area contributed by atoms with Crippen molar-refractivity contribution in [1.29, 1.82) is 0 Å². The molecular formula is C14H12ClNO2. The van der Waals surface area contributed by atoms with Crippen molar-refractivity contribution in [3.8, 4) is 11.1 Å². The lowest BCUT2D eigenvalue weighted by Crippen LogP contribution is -1.98. The monoisotopic (exact) mass is 261 g/mol. The van der Waals surface area contributed by atoms with Crippen LogP contribution < -0.4 is 5.73 Å². The Balaban J connectivity index is 2.54. The first kappa shape index (κ1) is 12.5. The van der Waals surface area contributed by atoms with Crippen molar-refractivity contribution in [2.24, 2.45) is 0 Å². The fraction of sp³-hybridized carbons (Fsp3) is 0.0714. The van der Waals surface area contributed by atoms with Crippen molar-refractivity contribution >= 4 is 23.3 Å². The minimum absolute atomic E-state index is 0.0910. The maximum Gasteiger partial charge on any atom is 0.337 e. The van der Waals surface area contributed by atoms with Gasteiger partial charge in [-0.3, -0.25) is 0 Å². The van der Waals surface area contributed by atoms with Crippen LogP contribution in [0.2, 0.25) is 5.02 Å². The summed E-state index contributed by atoms with van der Waals surface area (Å²) in [6, 6.07) is 10.5. The molecule has 0 radical (unpaired) electrons. The molecule has 0 heterocycles. The first-order valence-electron chi connectivity index (χ1n) is 5.38. The van der Waals surface area contributed by atoms with Gasteiger partial charge in [0.1, 0.15) is 0 Å². The van der Waals surface area contributed by atoms with Gasteiger partial charge in [0.15, 0.2) is 0 Å². The molecule has 0 saturated heterocycles. The predicted octanol–water partition coefficient (Wildman–Crippen LogP) is 3.60. The van der Waals surface area contributed by atoms with Gasteiger partial charge in [-0.25, -0.2) is 4.79 Å². The van der Waals surface area contributed by atoms with E-state index in [4.69, 9.17) is 22.4 Å². The number of carboxylic acid groups (broad SMARTS) is 1. The molecule has 0 atom stereocenters. The molecule has 2 aromatic carbocycles. The van der Waals surface area contributed by atoms with Crippen LogP contribution in [-0.4, -0.2) is 11.1 Å². The summed E-state index contributed by atoms with van der Waals surface area (Å²) < 4.78 is 0. The summed E-state index contributed by atoms with van der Waals surface area (Å²) in [4.78, 5) is 11.0. The zero-order valence-corrected chi connectivity index (χ0v) is 10.5. The second kappa shape index (κ2) is 4.70. The molecule has 2 aromatic rings. The largest absolute Gasteiger partial charge is 0.478 e. The third kappa shape index (κ3) is 2.31. The topological polar surface area (TPSA) is 63.3 Å². The number of anilines is 1. The van der Waals surface area contributed by atoms with Gasteiger partial charge in [-0.05, 0) is 41.8 Å². The lowest BCUT2D eigenvalue weighted by Gasteiger charge is -2.07. The Morgan fingerprint density at radius 2 is 1.78 bits per heavy atom. The molecule has 2 rings (SSSR count). The smallest absolute Gasteiger partial charge is 0.337 e. The maximum atomic E-state index is 11.0. The van der Waals surface area contributed by atoms with Crippen LogP contribution in [0.1, 0.15) is 15.9 Å². The zero-order chi connectivity index (χ0) is 13.3. The minimum atomic E-state index is -1.04. The lowest BCUT2D eigenvalue weighted by atomic mass is 10.0. The van der Waals surface area contributed by atoms with Crippen LogP contribution >= 0.6 is 11.6 Å². The molecule has 0 fully saturated rings. The van der Waals surface area contributed by atoms with E-state index in [-0.39, 0.29) is 10.6 Å². The van der Waals surface area contributed by atoms with Gasteiger partial charge < -0.3 is 10.8 Å². The molecule has 3 nitrogen and oxygen atoms in total. The number of halogens is 1. The van der Waals surface area contributed by atoms with Crippen molar-refractivity contribution in [2.45, 2.75) is 6.92 Å². The fourth-order valence-corrected chi connectivity index (χ4v) is 1.89. The summed E-state index contributed by atoms with van der Waals surface area (Å²) in [5, 5.41) is 9.25. The van der Waals surface area contributed by atoms with E-state index in [1.54, 1.807) is 18.2 Å². The minimum Gasteiger partial charge on any atom is -0.478 e. The normalized spacial score (nSPS) is 10.3. The summed E-state index contributed by atoms with van der Waals surface area (Å²) in [6.45, 7) is 1.92. The molecular weight excluding hydrogens is 250 g/mol. The molecule has 0 aliphatic rings. The average molecular weight is 262 g/mol. The Kier molecular flexibility index (Phi) is 3.26. The van der Waals surface area contributed by atoms with Gasteiger partial charge in [-0.2, -0.15) is 0 Å². The van der Waals surface area contributed by atoms with Crippen LogP contribution in [0.25, 0.3) is 11.1 Å². The van der Waals surface area contributed by atoms with E-state index in [1.165, 1.54) is 0 Å². The van der Waals surface area contributed by atoms with Gasteiger partial charge in [0.2, 0.25) is 0 Å². The standard InChI is InChI=1S/C14H12ClNO2/c1-8-2-3-10(7-13(8)16)9-4-5-12(15)11(6-9)14(17)18/h2-7H,16H2,1H3,(H,17,18). The van der Waals surface area contributed by atoms with Gasteiger partial charge in [-0.1, -0.05) is 29.8 Å². The molecule has 4 heteroatoms. The van der Waals surface area contributed by atoms with Crippen LogP contribution in [0.3, 0.4) is 0 Å². The molecule has 0 unspecified atom stereocenters. The van der Waals surface area contributed by atoms with E-state index in [1.807, 2.05) is 25.1 Å². The van der Waals surface area contributed by atoms with E-state index < -0.39 is 5.97 Å². The molecule has 18 heavy (non-hydrogen) atoms. The van der Waals surface area contributed by atoms with Crippen molar-refractivity contribution in [2.75, 3.05) is 5.73 Å². The zero-order valence-electron chi connectivity index (χ0n) is 9.77. The number of carbonyl (C=O) groups is 1. The number of nitrogens with two attached hydrogens (primary N) is 1. The van der Waals surface area contributed by atoms with E-state index >= 15 is 0 Å². The molecule has 0 aliphatic heterocycles. The molecule has 0 aromatic heterocycles. The summed E-state index contributed by atoms with van der Waals surface area (Å²) in [5.41, 5.74) is 9.26. The number of aromatic carboxylic acids is 1. The molecule has 92 valence electrons. The van der Waals surface area contributed by atoms with E-state index in [9.17, 15) is 4.79 Å². The Bertz CT molecular complexity index is 623. The molecule has 0 spiro atoms. The number of nitrogen functional groups attached to an aromatic ring is 1. The predicted molar refractivity (Wildman–Crippen MR) is 73.0 cm³/mol. The van der Waals surface area contributed by atoms with Crippen LogP contribution in [0, 0.1) is 6.92 Å². The summed E-state index contributed by atoms with van der Waals surface area (Å²) in [5.74, 6) is -1.04. The second-order valence-electron chi connectivity index (χ2n) is 4.07. The number of hydrogen-bond donors (Lipinski definition) is 2. The van der Waals surface area contributed by atoms with Crippen LogP contribution in [0.15, 0.2) is 36.4 Å². The number of hydrogen-bond acceptors (Lipinski definition) is 2.